The minimum Gasteiger partial charge on any atom is -0.480 e. The number of aliphatic carboxylic acids is 1. The van der Waals surface area contributed by atoms with Crippen LogP contribution in [0, 0.1) is 0 Å². The van der Waals surface area contributed by atoms with Crippen LogP contribution in [0.2, 0.25) is 0 Å². The molecule has 2 rings (SSSR count). The Labute approximate surface area is 171 Å². The summed E-state index contributed by atoms with van der Waals surface area (Å²) in [5.41, 5.74) is 5.65. The molecule has 0 aromatic carbocycles. The van der Waals surface area contributed by atoms with Gasteiger partial charge >= 0.3 is 5.97 Å². The first-order valence-electron chi connectivity index (χ1n) is 9.35. The number of nitrogens with zero attached hydrogens (tertiary/aromatic N) is 1. The fourth-order valence-electron chi connectivity index (χ4n) is 2.94. The Bertz CT molecular complexity index is 776. The lowest BCUT2D eigenvalue weighted by Crippen LogP contribution is -2.54. The number of aromatic nitrogens is 2. The predicted octanol–water partition coefficient (Wildman–Crippen LogP) is -3.25. The van der Waals surface area contributed by atoms with Crippen molar-refractivity contribution in [3.63, 3.8) is 0 Å². The quantitative estimate of drug-likeness (QED) is 0.192. The number of carboxylic acid groups (broad SMARTS) is 1. The molecule has 4 amide bonds. The van der Waals surface area contributed by atoms with Gasteiger partial charge in [0.15, 0.2) is 0 Å². The van der Waals surface area contributed by atoms with Crippen molar-refractivity contribution in [1.82, 2.24) is 31.2 Å². The minimum atomic E-state index is -1.26. The van der Waals surface area contributed by atoms with Gasteiger partial charge in [-0.05, 0) is 19.4 Å². The number of H-pyrrole nitrogens is 1. The first kappa shape index (κ1) is 22.8. The van der Waals surface area contributed by atoms with Crippen LogP contribution >= 0.6 is 0 Å². The predicted molar refractivity (Wildman–Crippen MR) is 102 cm³/mol. The van der Waals surface area contributed by atoms with Gasteiger partial charge in [-0.25, -0.2) is 9.78 Å². The van der Waals surface area contributed by atoms with Crippen molar-refractivity contribution in [1.29, 1.82) is 0 Å². The Balaban J connectivity index is 1.87. The lowest BCUT2D eigenvalue weighted by atomic mass is 10.1. The van der Waals surface area contributed by atoms with Gasteiger partial charge in [0.2, 0.25) is 23.6 Å². The average Bonchev–Trinajstić information content (AvgIpc) is 3.38. The molecule has 1 aliphatic heterocycles. The summed E-state index contributed by atoms with van der Waals surface area (Å²) in [7, 11) is 0. The summed E-state index contributed by atoms with van der Waals surface area (Å²) in [5.74, 6) is -4.03. The van der Waals surface area contributed by atoms with Crippen molar-refractivity contribution in [2.45, 2.75) is 43.8 Å². The number of imidazole rings is 1. The maximum absolute atomic E-state index is 12.3. The zero-order valence-electron chi connectivity index (χ0n) is 16.1. The molecule has 0 saturated carbocycles. The molecule has 1 aromatic heterocycles. The van der Waals surface area contributed by atoms with E-state index in [1.54, 1.807) is 0 Å². The van der Waals surface area contributed by atoms with E-state index in [1.165, 1.54) is 12.5 Å². The van der Waals surface area contributed by atoms with E-state index in [1.807, 2.05) is 0 Å². The third kappa shape index (κ3) is 7.16. The van der Waals surface area contributed by atoms with Crippen LogP contribution in [-0.2, 0) is 30.4 Å². The van der Waals surface area contributed by atoms with Crippen molar-refractivity contribution in [3.05, 3.63) is 18.2 Å². The molecule has 164 valence electrons. The van der Waals surface area contributed by atoms with Gasteiger partial charge in [-0.3, -0.25) is 19.2 Å². The SMILES string of the molecule is NC(=O)CC(NC(=O)C1CCCN1)C(=O)NCC(=O)NC(Cc1cnc[nH]1)C(=O)O. The molecule has 0 spiro atoms. The zero-order valence-corrected chi connectivity index (χ0v) is 16.1. The maximum atomic E-state index is 12.3. The van der Waals surface area contributed by atoms with Crippen LogP contribution in [-0.4, -0.2) is 75.9 Å². The monoisotopic (exact) mass is 423 g/mol. The highest BCUT2D eigenvalue weighted by atomic mass is 16.4. The molecule has 13 nitrogen and oxygen atoms in total. The molecule has 1 aromatic rings. The van der Waals surface area contributed by atoms with Crippen LogP contribution in [0.4, 0.5) is 0 Å². The van der Waals surface area contributed by atoms with Gasteiger partial charge < -0.3 is 37.1 Å². The largest absolute Gasteiger partial charge is 0.480 e. The molecule has 0 aliphatic carbocycles. The van der Waals surface area contributed by atoms with Gasteiger partial charge in [-0.15, -0.1) is 0 Å². The van der Waals surface area contributed by atoms with Gasteiger partial charge in [-0.1, -0.05) is 0 Å². The lowest BCUT2D eigenvalue weighted by Gasteiger charge is -2.20. The summed E-state index contributed by atoms with van der Waals surface area (Å²) in [6.07, 6.45) is 3.76. The normalized spacial score (nSPS) is 17.5. The number of nitrogens with one attached hydrogen (secondary N) is 5. The van der Waals surface area contributed by atoms with E-state index in [4.69, 9.17) is 5.73 Å². The molecule has 8 N–H and O–H groups in total. The third-order valence-corrected chi connectivity index (χ3v) is 4.45. The first-order valence-corrected chi connectivity index (χ1v) is 9.35. The highest BCUT2D eigenvalue weighted by Gasteiger charge is 2.29. The van der Waals surface area contributed by atoms with Crippen molar-refractivity contribution in [3.8, 4) is 0 Å². The second-order valence-electron chi connectivity index (χ2n) is 6.84. The number of aromatic amines is 1. The van der Waals surface area contributed by atoms with Gasteiger partial charge in [0.05, 0.1) is 25.3 Å². The number of carboxylic acids is 1. The van der Waals surface area contributed by atoms with E-state index >= 15 is 0 Å². The molecular weight excluding hydrogens is 398 g/mol. The number of hydrogen-bond acceptors (Lipinski definition) is 7. The first-order chi connectivity index (χ1) is 14.3. The summed E-state index contributed by atoms with van der Waals surface area (Å²) in [6.45, 7) is 0.132. The molecule has 3 atom stereocenters. The fraction of sp³-hybridized carbons (Fsp3) is 0.529. The Kier molecular flexibility index (Phi) is 8.29. The van der Waals surface area contributed by atoms with Gasteiger partial charge in [-0.2, -0.15) is 0 Å². The van der Waals surface area contributed by atoms with Gasteiger partial charge in [0.1, 0.15) is 12.1 Å². The topological polar surface area (TPSA) is 208 Å². The molecule has 3 unspecified atom stereocenters. The van der Waals surface area contributed by atoms with Crippen LogP contribution in [0.25, 0.3) is 0 Å². The molecular formula is C17H25N7O6. The van der Waals surface area contributed by atoms with E-state index in [2.05, 4.69) is 31.2 Å². The van der Waals surface area contributed by atoms with E-state index in [0.29, 0.717) is 18.7 Å². The number of primary amides is 1. The second-order valence-corrected chi connectivity index (χ2v) is 6.84. The van der Waals surface area contributed by atoms with Crippen molar-refractivity contribution in [2.24, 2.45) is 5.73 Å². The molecule has 1 fully saturated rings. The molecule has 1 aliphatic rings. The van der Waals surface area contributed by atoms with Crippen LogP contribution < -0.4 is 27.0 Å². The Hall–Kier alpha value is -3.48. The maximum Gasteiger partial charge on any atom is 0.326 e. The average molecular weight is 423 g/mol. The van der Waals surface area contributed by atoms with E-state index in [9.17, 15) is 29.1 Å². The summed E-state index contributed by atoms with van der Waals surface area (Å²) in [6, 6.07) is -2.94. The van der Waals surface area contributed by atoms with E-state index < -0.39 is 60.7 Å². The van der Waals surface area contributed by atoms with Crippen LogP contribution in [0.3, 0.4) is 0 Å². The van der Waals surface area contributed by atoms with E-state index in [-0.39, 0.29) is 6.42 Å². The Morgan fingerprint density at radius 3 is 2.57 bits per heavy atom. The highest BCUT2D eigenvalue weighted by Crippen LogP contribution is 2.06. The van der Waals surface area contributed by atoms with Crippen molar-refractivity contribution < 1.29 is 29.1 Å². The molecule has 0 bridgehead atoms. The number of amides is 4. The van der Waals surface area contributed by atoms with Crippen LogP contribution in [0.15, 0.2) is 12.5 Å². The Morgan fingerprint density at radius 2 is 2.00 bits per heavy atom. The van der Waals surface area contributed by atoms with E-state index in [0.717, 1.165) is 6.42 Å². The van der Waals surface area contributed by atoms with Crippen molar-refractivity contribution in [2.75, 3.05) is 13.1 Å². The zero-order chi connectivity index (χ0) is 22.1. The number of carbonyl (C=O) groups excluding carboxylic acids is 4. The van der Waals surface area contributed by atoms with Crippen LogP contribution in [0.1, 0.15) is 25.0 Å². The molecule has 30 heavy (non-hydrogen) atoms. The number of rotatable bonds is 11. The summed E-state index contributed by atoms with van der Waals surface area (Å²) in [4.78, 5) is 65.7. The minimum absolute atomic E-state index is 0.0240. The number of hydrogen-bond donors (Lipinski definition) is 7. The van der Waals surface area contributed by atoms with Crippen molar-refractivity contribution >= 4 is 29.6 Å². The third-order valence-electron chi connectivity index (χ3n) is 4.45. The summed E-state index contributed by atoms with van der Waals surface area (Å²) in [5, 5.41) is 19.2. The molecule has 0 radical (unpaired) electrons. The van der Waals surface area contributed by atoms with Gasteiger partial charge in [0, 0.05) is 18.3 Å². The van der Waals surface area contributed by atoms with Crippen LogP contribution in [0.5, 0.6) is 0 Å². The molecule has 1 saturated heterocycles. The Morgan fingerprint density at radius 1 is 1.23 bits per heavy atom. The standard InChI is InChI=1S/C17H25N7O6/c18-13(25)5-11(24-16(28)10-2-1-3-20-10)15(27)21-7-14(26)23-12(17(29)30)4-9-6-19-8-22-9/h6,8,10-12,20H,1-5,7H2,(H2,18,25)(H,19,22)(H,21,27)(H,23,26)(H,24,28)(H,29,30). The number of nitrogens with two attached hydrogens (primary N) is 1. The highest BCUT2D eigenvalue weighted by molar-refractivity contribution is 5.95. The number of carbonyl (C=O) groups is 5. The summed E-state index contributed by atoms with van der Waals surface area (Å²) < 4.78 is 0. The molecule has 2 heterocycles. The lowest BCUT2D eigenvalue weighted by molar-refractivity contribution is -0.141. The second kappa shape index (κ2) is 10.9. The van der Waals surface area contributed by atoms with Gasteiger partial charge in [0.25, 0.3) is 0 Å². The smallest absolute Gasteiger partial charge is 0.326 e. The fourth-order valence-corrected chi connectivity index (χ4v) is 2.94. The summed E-state index contributed by atoms with van der Waals surface area (Å²) >= 11 is 0. The molecule has 13 heteroatoms.